The molecule has 0 aliphatic heterocycles. The molecule has 0 spiro atoms. The monoisotopic (exact) mass is 266 g/mol. The molecule has 2 N–H and O–H groups in total. The van der Waals surface area contributed by atoms with Crippen molar-refractivity contribution in [3.8, 4) is 0 Å². The second-order valence-electron chi connectivity index (χ2n) is 4.36. The summed E-state index contributed by atoms with van der Waals surface area (Å²) < 4.78 is 0. The number of hydrogen-bond donors (Lipinski definition) is 2. The van der Waals surface area contributed by atoms with Crippen LogP contribution in [0.2, 0.25) is 0 Å². The smallest absolute Gasteiger partial charge is 0.238 e. The van der Waals surface area contributed by atoms with Gasteiger partial charge in [-0.1, -0.05) is 24.6 Å². The average molecular weight is 266 g/mol. The number of anilines is 1. The Morgan fingerprint density at radius 2 is 2.00 bits per heavy atom. The lowest BCUT2D eigenvalue weighted by molar-refractivity contribution is -0.115. The lowest BCUT2D eigenvalue weighted by Gasteiger charge is -2.15. The molecule has 1 aromatic rings. The van der Waals surface area contributed by atoms with Crippen LogP contribution >= 0.6 is 11.8 Å². The molecule has 0 aliphatic rings. The van der Waals surface area contributed by atoms with Crippen molar-refractivity contribution in [1.82, 2.24) is 5.32 Å². The quantitative estimate of drug-likeness (QED) is 0.797. The third kappa shape index (κ3) is 5.56. The topological polar surface area (TPSA) is 41.1 Å². The minimum atomic E-state index is 0.0124. The molecular weight excluding hydrogens is 244 g/mol. The van der Waals surface area contributed by atoms with Crippen molar-refractivity contribution in [3.05, 3.63) is 29.8 Å². The third-order valence-electron chi connectivity index (χ3n) is 2.75. The van der Waals surface area contributed by atoms with E-state index in [2.05, 4.69) is 23.8 Å². The summed E-state index contributed by atoms with van der Waals surface area (Å²) in [5.74, 6) is 1.05. The van der Waals surface area contributed by atoms with Crippen LogP contribution < -0.4 is 10.6 Å². The molecule has 3 nitrogen and oxygen atoms in total. The molecule has 1 amide bonds. The molecule has 0 aromatic heterocycles. The molecule has 0 saturated carbocycles. The van der Waals surface area contributed by atoms with Crippen LogP contribution in [-0.4, -0.2) is 30.5 Å². The van der Waals surface area contributed by atoms with Crippen molar-refractivity contribution in [2.24, 2.45) is 0 Å². The van der Waals surface area contributed by atoms with Gasteiger partial charge in [0.25, 0.3) is 0 Å². The number of benzene rings is 1. The van der Waals surface area contributed by atoms with Gasteiger partial charge in [-0.3, -0.25) is 4.79 Å². The van der Waals surface area contributed by atoms with Crippen LogP contribution in [0.4, 0.5) is 5.69 Å². The predicted octanol–water partition coefficient (Wildman–Crippen LogP) is 2.66. The third-order valence-corrected chi connectivity index (χ3v) is 3.48. The normalized spacial score (nSPS) is 12.2. The second kappa shape index (κ2) is 8.16. The maximum atomic E-state index is 11.7. The number of aryl methyl sites for hydroxylation is 1. The largest absolute Gasteiger partial charge is 0.325 e. The summed E-state index contributed by atoms with van der Waals surface area (Å²) in [7, 11) is 0. The Bertz CT molecular complexity index is 365. The molecule has 1 atom stereocenters. The highest BCUT2D eigenvalue weighted by molar-refractivity contribution is 7.98. The van der Waals surface area contributed by atoms with E-state index in [9.17, 15) is 4.79 Å². The lowest BCUT2D eigenvalue weighted by atomic mass is 10.2. The fourth-order valence-electron chi connectivity index (χ4n) is 1.60. The first-order valence-corrected chi connectivity index (χ1v) is 7.64. The van der Waals surface area contributed by atoms with Crippen LogP contribution in [0.5, 0.6) is 0 Å². The summed E-state index contributed by atoms with van der Waals surface area (Å²) in [5.41, 5.74) is 2.04. The number of hydrogen-bond acceptors (Lipinski definition) is 3. The molecule has 1 unspecified atom stereocenters. The SMILES string of the molecule is CCC(CSC)NCC(=O)Nc1ccc(C)cc1. The van der Waals surface area contributed by atoms with Crippen molar-refractivity contribution in [2.75, 3.05) is 23.9 Å². The summed E-state index contributed by atoms with van der Waals surface area (Å²) in [5, 5.41) is 6.15. The van der Waals surface area contributed by atoms with Gasteiger partial charge in [0, 0.05) is 17.5 Å². The Morgan fingerprint density at radius 1 is 1.33 bits per heavy atom. The fraction of sp³-hybridized carbons (Fsp3) is 0.500. The molecular formula is C14H22N2OS. The van der Waals surface area contributed by atoms with Crippen molar-refractivity contribution < 1.29 is 4.79 Å². The van der Waals surface area contributed by atoms with E-state index < -0.39 is 0 Å². The number of carbonyl (C=O) groups is 1. The van der Waals surface area contributed by atoms with Crippen LogP contribution in [0.15, 0.2) is 24.3 Å². The van der Waals surface area contributed by atoms with Gasteiger partial charge < -0.3 is 10.6 Å². The van der Waals surface area contributed by atoms with Gasteiger partial charge in [0.2, 0.25) is 5.91 Å². The van der Waals surface area contributed by atoms with Crippen LogP contribution in [0.1, 0.15) is 18.9 Å². The number of amides is 1. The van der Waals surface area contributed by atoms with E-state index in [1.165, 1.54) is 5.56 Å². The van der Waals surface area contributed by atoms with E-state index in [4.69, 9.17) is 0 Å². The molecule has 0 saturated heterocycles. The van der Waals surface area contributed by atoms with Gasteiger partial charge in [-0.05, 0) is 31.7 Å². The minimum absolute atomic E-state index is 0.0124. The Morgan fingerprint density at radius 3 is 2.56 bits per heavy atom. The molecule has 0 bridgehead atoms. The average Bonchev–Trinajstić information content (AvgIpc) is 2.37. The Labute approximate surface area is 114 Å². The maximum absolute atomic E-state index is 11.7. The van der Waals surface area contributed by atoms with E-state index >= 15 is 0 Å². The van der Waals surface area contributed by atoms with Crippen LogP contribution in [0, 0.1) is 6.92 Å². The molecule has 100 valence electrons. The highest BCUT2D eigenvalue weighted by atomic mass is 32.2. The van der Waals surface area contributed by atoms with Gasteiger partial charge in [-0.25, -0.2) is 0 Å². The molecule has 4 heteroatoms. The summed E-state index contributed by atoms with van der Waals surface area (Å²) in [6, 6.07) is 8.24. The number of thioether (sulfide) groups is 1. The van der Waals surface area contributed by atoms with Crippen molar-refractivity contribution >= 4 is 23.4 Å². The second-order valence-corrected chi connectivity index (χ2v) is 5.27. The molecule has 18 heavy (non-hydrogen) atoms. The van der Waals surface area contributed by atoms with Gasteiger partial charge in [0.15, 0.2) is 0 Å². The molecule has 1 rings (SSSR count). The Hall–Kier alpha value is -1.00. The highest BCUT2D eigenvalue weighted by Crippen LogP contribution is 2.08. The molecule has 1 aromatic carbocycles. The van der Waals surface area contributed by atoms with Gasteiger partial charge in [-0.2, -0.15) is 11.8 Å². The van der Waals surface area contributed by atoms with Crippen molar-refractivity contribution in [2.45, 2.75) is 26.3 Å². The molecule has 0 aliphatic carbocycles. The van der Waals surface area contributed by atoms with Crippen LogP contribution in [-0.2, 0) is 4.79 Å². The van der Waals surface area contributed by atoms with E-state index in [0.717, 1.165) is 17.9 Å². The lowest BCUT2D eigenvalue weighted by Crippen LogP contribution is -2.37. The minimum Gasteiger partial charge on any atom is -0.325 e. The number of carbonyl (C=O) groups excluding carboxylic acids is 1. The molecule has 0 fully saturated rings. The zero-order valence-electron chi connectivity index (χ0n) is 11.3. The summed E-state index contributed by atoms with van der Waals surface area (Å²) in [4.78, 5) is 11.7. The highest BCUT2D eigenvalue weighted by Gasteiger charge is 2.07. The number of rotatable bonds is 7. The van der Waals surface area contributed by atoms with Gasteiger partial charge >= 0.3 is 0 Å². The van der Waals surface area contributed by atoms with Crippen molar-refractivity contribution in [3.63, 3.8) is 0 Å². The Kier molecular flexibility index (Phi) is 6.83. The van der Waals surface area contributed by atoms with Gasteiger partial charge in [0.05, 0.1) is 6.54 Å². The van der Waals surface area contributed by atoms with Crippen LogP contribution in [0.3, 0.4) is 0 Å². The Balaban J connectivity index is 2.35. The summed E-state index contributed by atoms with van der Waals surface area (Å²) >= 11 is 1.80. The first-order chi connectivity index (χ1) is 8.65. The summed E-state index contributed by atoms with van der Waals surface area (Å²) in [6.07, 6.45) is 3.12. The fourth-order valence-corrected chi connectivity index (χ4v) is 2.36. The first-order valence-electron chi connectivity index (χ1n) is 6.24. The van der Waals surface area contributed by atoms with E-state index in [1.54, 1.807) is 11.8 Å². The molecule has 0 heterocycles. The first kappa shape index (κ1) is 15.1. The zero-order chi connectivity index (χ0) is 13.4. The van der Waals surface area contributed by atoms with E-state index in [0.29, 0.717) is 12.6 Å². The predicted molar refractivity (Wildman–Crippen MR) is 80.3 cm³/mol. The zero-order valence-corrected chi connectivity index (χ0v) is 12.1. The maximum Gasteiger partial charge on any atom is 0.238 e. The van der Waals surface area contributed by atoms with Gasteiger partial charge in [-0.15, -0.1) is 0 Å². The summed E-state index contributed by atoms with van der Waals surface area (Å²) in [6.45, 7) is 4.53. The standard InChI is InChI=1S/C14H22N2OS/c1-4-12(10-18-3)15-9-14(17)16-13-7-5-11(2)6-8-13/h5-8,12,15H,4,9-10H2,1-3H3,(H,16,17). The number of nitrogens with one attached hydrogen (secondary N) is 2. The van der Waals surface area contributed by atoms with E-state index in [1.807, 2.05) is 31.2 Å². The van der Waals surface area contributed by atoms with E-state index in [-0.39, 0.29) is 5.91 Å². The van der Waals surface area contributed by atoms with Crippen molar-refractivity contribution in [1.29, 1.82) is 0 Å². The molecule has 0 radical (unpaired) electrons. The van der Waals surface area contributed by atoms with Gasteiger partial charge in [0.1, 0.15) is 0 Å². The van der Waals surface area contributed by atoms with Crippen LogP contribution in [0.25, 0.3) is 0 Å².